The summed E-state index contributed by atoms with van der Waals surface area (Å²) in [6.07, 6.45) is 1.98. The van der Waals surface area contributed by atoms with Crippen LogP contribution in [0.4, 0.5) is 5.69 Å². The first-order chi connectivity index (χ1) is 12.5. The van der Waals surface area contributed by atoms with Gasteiger partial charge >= 0.3 is 0 Å². The zero-order valence-corrected chi connectivity index (χ0v) is 15.1. The van der Waals surface area contributed by atoms with Crippen molar-refractivity contribution in [3.63, 3.8) is 0 Å². The Balaban J connectivity index is 1.66. The fourth-order valence-electron chi connectivity index (χ4n) is 1.91. The van der Waals surface area contributed by atoms with Crippen LogP contribution in [0, 0.1) is 10.1 Å². The third-order valence-electron chi connectivity index (χ3n) is 3.18. The van der Waals surface area contributed by atoms with E-state index >= 15 is 0 Å². The van der Waals surface area contributed by atoms with E-state index in [0.29, 0.717) is 22.4 Å². The Morgan fingerprint density at radius 1 is 1.23 bits per heavy atom. The van der Waals surface area contributed by atoms with Gasteiger partial charge in [0, 0.05) is 30.7 Å². The van der Waals surface area contributed by atoms with Gasteiger partial charge in [0.05, 0.1) is 11.1 Å². The largest absolute Gasteiger partial charge is 0.448 e. The lowest BCUT2D eigenvalue weighted by molar-refractivity contribution is -0.384. The number of non-ortho nitro benzene ring substituents is 1. The zero-order chi connectivity index (χ0) is 18.9. The predicted molar refractivity (Wildman–Crippen MR) is 96.8 cm³/mol. The molecule has 2 aromatic rings. The first kappa shape index (κ1) is 19.3. The average molecular weight is 423 g/mol. The van der Waals surface area contributed by atoms with Gasteiger partial charge < -0.3 is 9.73 Å². The maximum absolute atomic E-state index is 11.9. The summed E-state index contributed by atoms with van der Waals surface area (Å²) in [5.41, 5.74) is 2.59. The molecular weight excluding hydrogens is 408 g/mol. The first-order valence-corrected chi connectivity index (χ1v) is 8.35. The fourth-order valence-corrected chi connectivity index (χ4v) is 2.23. The number of carbonyl (C=O) groups is 2. The number of hydrogen-bond donors (Lipinski definition) is 2. The minimum Gasteiger partial charge on any atom is -0.448 e. The normalized spacial score (nSPS) is 10.7. The Bertz CT molecular complexity index is 816. The number of amides is 2. The minimum atomic E-state index is -0.534. The number of furan rings is 1. The molecule has 0 bridgehead atoms. The highest BCUT2D eigenvalue weighted by Crippen LogP contribution is 2.12. The number of rotatable bonds is 8. The second kappa shape index (κ2) is 9.47. The van der Waals surface area contributed by atoms with Gasteiger partial charge in [0.25, 0.3) is 11.6 Å². The topological polar surface area (TPSA) is 127 Å². The van der Waals surface area contributed by atoms with E-state index in [1.165, 1.54) is 30.5 Å². The Morgan fingerprint density at radius 2 is 1.96 bits per heavy atom. The molecule has 1 aromatic carbocycles. The second-order valence-corrected chi connectivity index (χ2v) is 5.88. The SMILES string of the molecule is O=C(CCCNC(=O)c1ccc([N+](=O)[O-])cc1)NN=Cc1ccc(Br)o1. The lowest BCUT2D eigenvalue weighted by Gasteiger charge is -2.04. The van der Waals surface area contributed by atoms with Gasteiger partial charge in [-0.3, -0.25) is 19.7 Å². The monoisotopic (exact) mass is 422 g/mol. The molecule has 0 radical (unpaired) electrons. The molecule has 0 aliphatic carbocycles. The van der Waals surface area contributed by atoms with Gasteiger partial charge in [0.2, 0.25) is 5.91 Å². The van der Waals surface area contributed by atoms with Crippen LogP contribution in [0.5, 0.6) is 0 Å². The lowest BCUT2D eigenvalue weighted by Crippen LogP contribution is -2.26. The number of hydrogen-bond acceptors (Lipinski definition) is 6. The minimum absolute atomic E-state index is 0.0827. The van der Waals surface area contributed by atoms with E-state index in [2.05, 4.69) is 31.8 Å². The van der Waals surface area contributed by atoms with E-state index < -0.39 is 4.92 Å². The first-order valence-electron chi connectivity index (χ1n) is 7.55. The number of nitro groups is 1. The molecule has 2 rings (SSSR count). The van der Waals surface area contributed by atoms with Crippen LogP contribution < -0.4 is 10.7 Å². The van der Waals surface area contributed by atoms with Crippen LogP contribution in [-0.2, 0) is 4.79 Å². The number of nitrogens with zero attached hydrogens (tertiary/aromatic N) is 2. The third-order valence-corrected chi connectivity index (χ3v) is 3.61. The summed E-state index contributed by atoms with van der Waals surface area (Å²) in [4.78, 5) is 33.5. The third kappa shape index (κ3) is 6.13. The number of carbonyl (C=O) groups excluding carboxylic acids is 2. The van der Waals surface area contributed by atoms with Crippen LogP contribution in [0.3, 0.4) is 0 Å². The Hall–Kier alpha value is -3.01. The van der Waals surface area contributed by atoms with Crippen molar-refractivity contribution in [2.45, 2.75) is 12.8 Å². The lowest BCUT2D eigenvalue weighted by atomic mass is 10.2. The molecular formula is C16H15BrN4O5. The van der Waals surface area contributed by atoms with Gasteiger partial charge in [-0.25, -0.2) is 5.43 Å². The Labute approximate surface area is 156 Å². The van der Waals surface area contributed by atoms with Crippen LogP contribution in [0.25, 0.3) is 0 Å². The fraction of sp³-hybridized carbons (Fsp3) is 0.188. The van der Waals surface area contributed by atoms with Gasteiger partial charge in [-0.1, -0.05) is 0 Å². The summed E-state index contributed by atoms with van der Waals surface area (Å²) in [5, 5.41) is 17.0. The van der Waals surface area contributed by atoms with Gasteiger partial charge in [-0.15, -0.1) is 0 Å². The van der Waals surface area contributed by atoms with Crippen molar-refractivity contribution in [3.8, 4) is 0 Å². The molecule has 1 aromatic heterocycles. The molecule has 0 fully saturated rings. The average Bonchev–Trinajstić information content (AvgIpc) is 3.04. The maximum Gasteiger partial charge on any atom is 0.269 e. The second-order valence-electron chi connectivity index (χ2n) is 5.10. The van der Waals surface area contributed by atoms with Crippen molar-refractivity contribution in [2.24, 2.45) is 5.10 Å². The van der Waals surface area contributed by atoms with E-state index in [1.54, 1.807) is 12.1 Å². The molecule has 2 N–H and O–H groups in total. The highest BCUT2D eigenvalue weighted by Gasteiger charge is 2.09. The molecule has 0 aliphatic rings. The predicted octanol–water partition coefficient (Wildman–Crippen LogP) is 2.61. The Kier molecular flexibility index (Phi) is 7.03. The molecule has 9 nitrogen and oxygen atoms in total. The van der Waals surface area contributed by atoms with Crippen molar-refractivity contribution < 1.29 is 18.9 Å². The van der Waals surface area contributed by atoms with Crippen LogP contribution >= 0.6 is 15.9 Å². The van der Waals surface area contributed by atoms with E-state index in [0.717, 1.165) is 0 Å². The van der Waals surface area contributed by atoms with Gasteiger partial charge in [0.1, 0.15) is 5.76 Å². The number of nitrogens with one attached hydrogen (secondary N) is 2. The van der Waals surface area contributed by atoms with Crippen molar-refractivity contribution in [2.75, 3.05) is 6.54 Å². The van der Waals surface area contributed by atoms with Crippen LogP contribution in [-0.4, -0.2) is 29.5 Å². The molecule has 0 saturated carbocycles. The highest BCUT2D eigenvalue weighted by molar-refractivity contribution is 9.10. The number of benzene rings is 1. The molecule has 136 valence electrons. The zero-order valence-electron chi connectivity index (χ0n) is 13.5. The van der Waals surface area contributed by atoms with Gasteiger partial charge in [-0.2, -0.15) is 5.10 Å². The molecule has 10 heteroatoms. The van der Waals surface area contributed by atoms with Crippen LogP contribution in [0.2, 0.25) is 0 Å². The summed E-state index contributed by atoms with van der Waals surface area (Å²) < 4.78 is 5.75. The number of nitro benzene ring substituents is 1. The molecule has 0 saturated heterocycles. The molecule has 1 heterocycles. The number of halogens is 1. The van der Waals surface area contributed by atoms with Gasteiger partial charge in [-0.05, 0) is 46.6 Å². The molecule has 2 amide bonds. The van der Waals surface area contributed by atoms with E-state index in [1.807, 2.05) is 0 Å². The maximum atomic E-state index is 11.9. The van der Waals surface area contributed by atoms with Crippen LogP contribution in [0.15, 0.2) is 50.6 Å². The molecule has 0 spiro atoms. The van der Waals surface area contributed by atoms with Crippen LogP contribution in [0.1, 0.15) is 29.0 Å². The summed E-state index contributed by atoms with van der Waals surface area (Å²) in [5.74, 6) is -0.161. The quantitative estimate of drug-likeness (QED) is 0.292. The summed E-state index contributed by atoms with van der Waals surface area (Å²) >= 11 is 3.15. The molecule has 0 unspecified atom stereocenters. The van der Waals surface area contributed by atoms with Crippen molar-refractivity contribution in [3.05, 3.63) is 62.5 Å². The standard InChI is InChI=1S/C16H15BrN4O5/c17-14-8-7-13(26-14)10-19-20-15(22)2-1-9-18-16(23)11-3-5-12(6-4-11)21(24)25/h3-8,10H,1-2,9H2,(H,18,23)(H,20,22). The van der Waals surface area contributed by atoms with E-state index in [9.17, 15) is 19.7 Å². The summed E-state index contributed by atoms with van der Waals surface area (Å²) in [6.45, 7) is 0.290. The highest BCUT2D eigenvalue weighted by atomic mass is 79.9. The van der Waals surface area contributed by atoms with E-state index in [4.69, 9.17) is 4.42 Å². The van der Waals surface area contributed by atoms with Gasteiger partial charge in [0.15, 0.2) is 4.67 Å². The summed E-state index contributed by atoms with van der Waals surface area (Å²) in [6, 6.07) is 8.67. The summed E-state index contributed by atoms with van der Waals surface area (Å²) in [7, 11) is 0. The Morgan fingerprint density at radius 3 is 2.58 bits per heavy atom. The van der Waals surface area contributed by atoms with Crippen molar-refractivity contribution in [1.29, 1.82) is 0 Å². The molecule has 26 heavy (non-hydrogen) atoms. The number of hydrazone groups is 1. The molecule has 0 aliphatic heterocycles. The smallest absolute Gasteiger partial charge is 0.269 e. The van der Waals surface area contributed by atoms with Crippen molar-refractivity contribution in [1.82, 2.24) is 10.7 Å². The van der Waals surface area contributed by atoms with E-state index in [-0.39, 0.29) is 30.5 Å². The molecule has 0 atom stereocenters. The van der Waals surface area contributed by atoms with Crippen molar-refractivity contribution >= 4 is 39.6 Å².